The van der Waals surface area contributed by atoms with E-state index in [-0.39, 0.29) is 89.1 Å². The molecular weight excluding hydrogens is 331 g/mol. The zero-order valence-corrected chi connectivity index (χ0v) is 17.1. The molecule has 0 aromatic heterocycles. The minimum atomic E-state index is -1.44. The molecule has 0 fully saturated rings. The number of aliphatic hydroxyl groups excluding tert-OH is 3. The number of aliphatic carboxylic acids is 3. The molecule has 3 N–H and O–H groups in total. The summed E-state index contributed by atoms with van der Waals surface area (Å²) in [6.45, 7) is 3.40. The summed E-state index contributed by atoms with van der Waals surface area (Å²) in [4.78, 5) is 28.0. The van der Waals surface area contributed by atoms with Crippen LogP contribution in [0.3, 0.4) is 0 Å². The molecule has 0 aliphatic rings. The van der Waals surface area contributed by atoms with Crippen LogP contribution >= 0.6 is 0 Å². The number of rotatable bonds is 3. The fourth-order valence-electron chi connectivity index (χ4n) is 0. The molecular formula is C9H15CaKO9. The van der Waals surface area contributed by atoms with Gasteiger partial charge in [-0.15, -0.1) is 0 Å². The third-order valence-corrected chi connectivity index (χ3v) is 1.02. The van der Waals surface area contributed by atoms with Gasteiger partial charge in [0, 0.05) is 0 Å². The van der Waals surface area contributed by atoms with Gasteiger partial charge < -0.3 is 45.0 Å². The van der Waals surface area contributed by atoms with Gasteiger partial charge in [0.15, 0.2) is 0 Å². The van der Waals surface area contributed by atoms with Crippen molar-refractivity contribution < 1.29 is 96.4 Å². The second-order valence-electron chi connectivity index (χ2n) is 2.99. The minimum Gasteiger partial charge on any atom is -0.547 e. The van der Waals surface area contributed by atoms with Crippen LogP contribution in [-0.2, 0) is 14.4 Å². The van der Waals surface area contributed by atoms with E-state index in [1.165, 1.54) is 0 Å². The van der Waals surface area contributed by atoms with Crippen LogP contribution in [0.25, 0.3) is 0 Å². The van der Waals surface area contributed by atoms with Gasteiger partial charge in [0.1, 0.15) is 0 Å². The van der Waals surface area contributed by atoms with Crippen molar-refractivity contribution in [1.82, 2.24) is 0 Å². The molecule has 0 spiro atoms. The summed E-state index contributed by atoms with van der Waals surface area (Å²) in [5.41, 5.74) is 0. The summed E-state index contributed by atoms with van der Waals surface area (Å²) >= 11 is 0. The van der Waals surface area contributed by atoms with E-state index in [2.05, 4.69) is 0 Å². The molecule has 0 heterocycles. The number of carbonyl (C=O) groups is 3. The molecule has 3 unspecified atom stereocenters. The summed E-state index contributed by atoms with van der Waals surface area (Å²) in [7, 11) is 0. The van der Waals surface area contributed by atoms with Crippen LogP contribution in [0, 0.1) is 0 Å². The Kier molecular flexibility index (Phi) is 33.3. The summed E-state index contributed by atoms with van der Waals surface area (Å²) in [5.74, 6) is -4.31. The number of hydrogen-bond donors (Lipinski definition) is 3. The van der Waals surface area contributed by atoms with E-state index < -0.39 is 36.2 Å². The van der Waals surface area contributed by atoms with Crippen molar-refractivity contribution in [2.24, 2.45) is 0 Å². The van der Waals surface area contributed by atoms with Gasteiger partial charge in [0.25, 0.3) is 0 Å². The zero-order chi connectivity index (χ0) is 15.5. The standard InChI is InChI=1S/3C3H6O3.Ca.K/c3*1-2(4)3(5)6;;/h3*2,4H,1H3,(H,5,6);;/q;;;+2;+1/p-3. The van der Waals surface area contributed by atoms with Crippen molar-refractivity contribution >= 4 is 55.6 Å². The quantitative estimate of drug-likeness (QED) is 0.418. The molecule has 3 atom stereocenters. The normalized spacial score (nSPS) is 12.3. The van der Waals surface area contributed by atoms with Crippen LogP contribution in [0.4, 0.5) is 0 Å². The maximum absolute atomic E-state index is 9.34. The van der Waals surface area contributed by atoms with Crippen LogP contribution in [-0.4, -0.2) is 89.3 Å². The molecule has 0 rings (SSSR count). The van der Waals surface area contributed by atoms with Gasteiger partial charge in [-0.1, -0.05) is 0 Å². The Hall–Kier alpha value is 1.19. The van der Waals surface area contributed by atoms with Gasteiger partial charge >= 0.3 is 89.1 Å². The fourth-order valence-corrected chi connectivity index (χ4v) is 0. The topological polar surface area (TPSA) is 181 Å². The third kappa shape index (κ3) is 36.5. The third-order valence-electron chi connectivity index (χ3n) is 1.02. The van der Waals surface area contributed by atoms with Gasteiger partial charge in [-0.3, -0.25) is 0 Å². The number of hydrogen-bond acceptors (Lipinski definition) is 9. The maximum Gasteiger partial charge on any atom is 2.00 e. The molecule has 0 aliphatic heterocycles. The molecule has 0 aromatic carbocycles. The van der Waals surface area contributed by atoms with Crippen LogP contribution in [0.5, 0.6) is 0 Å². The number of carbonyl (C=O) groups excluding carboxylic acids is 3. The average molecular weight is 346 g/mol. The fraction of sp³-hybridized carbons (Fsp3) is 0.667. The van der Waals surface area contributed by atoms with E-state index in [1.807, 2.05) is 0 Å². The smallest absolute Gasteiger partial charge is 0.547 e. The number of aliphatic hydroxyl groups is 3. The molecule has 0 aromatic rings. The summed E-state index contributed by atoms with van der Waals surface area (Å²) in [5, 5.41) is 51.9. The van der Waals surface area contributed by atoms with Crippen molar-refractivity contribution in [3.05, 3.63) is 0 Å². The van der Waals surface area contributed by atoms with Gasteiger partial charge in [0.05, 0.1) is 36.2 Å². The molecule has 0 amide bonds. The molecule has 9 nitrogen and oxygen atoms in total. The van der Waals surface area contributed by atoms with Crippen LogP contribution in [0.2, 0.25) is 0 Å². The maximum atomic E-state index is 9.34. The van der Waals surface area contributed by atoms with E-state index in [0.29, 0.717) is 0 Å². The van der Waals surface area contributed by atoms with Gasteiger partial charge in [-0.25, -0.2) is 0 Å². The Balaban J connectivity index is -0.0000000536. The second-order valence-corrected chi connectivity index (χ2v) is 2.99. The van der Waals surface area contributed by atoms with Gasteiger partial charge in [0.2, 0.25) is 0 Å². The Morgan fingerprint density at radius 1 is 0.700 bits per heavy atom. The second kappa shape index (κ2) is 20.2. The monoisotopic (exact) mass is 346 g/mol. The van der Waals surface area contributed by atoms with Crippen molar-refractivity contribution in [2.45, 2.75) is 39.1 Å². The van der Waals surface area contributed by atoms with Crippen molar-refractivity contribution in [2.75, 3.05) is 0 Å². The first-order chi connectivity index (χ1) is 7.93. The van der Waals surface area contributed by atoms with E-state index in [4.69, 9.17) is 15.3 Å². The predicted molar refractivity (Wildman–Crippen MR) is 55.8 cm³/mol. The van der Waals surface area contributed by atoms with Crippen molar-refractivity contribution in [1.29, 1.82) is 0 Å². The van der Waals surface area contributed by atoms with E-state index in [1.54, 1.807) is 0 Å². The Bertz CT molecular complexity index is 225. The first-order valence-corrected chi connectivity index (χ1v) is 4.60. The molecule has 0 bridgehead atoms. The van der Waals surface area contributed by atoms with E-state index in [9.17, 15) is 29.7 Å². The first kappa shape index (κ1) is 33.0. The molecule has 0 saturated heterocycles. The van der Waals surface area contributed by atoms with Crippen LogP contribution in [0.15, 0.2) is 0 Å². The summed E-state index contributed by atoms with van der Waals surface area (Å²) < 4.78 is 0. The van der Waals surface area contributed by atoms with Gasteiger partial charge in [-0.2, -0.15) is 0 Å². The zero-order valence-electron chi connectivity index (χ0n) is 11.7. The predicted octanol–water partition coefficient (Wildman–Crippen LogP) is -9.03. The van der Waals surface area contributed by atoms with E-state index >= 15 is 0 Å². The van der Waals surface area contributed by atoms with Crippen LogP contribution in [0.1, 0.15) is 20.8 Å². The van der Waals surface area contributed by atoms with E-state index in [0.717, 1.165) is 20.8 Å². The molecule has 108 valence electrons. The minimum absolute atomic E-state index is 0. The Labute approximate surface area is 188 Å². The summed E-state index contributed by atoms with van der Waals surface area (Å²) in [6, 6.07) is 0. The Morgan fingerprint density at radius 3 is 0.750 bits per heavy atom. The number of carboxylic acids is 3. The van der Waals surface area contributed by atoms with Crippen LogP contribution < -0.4 is 66.7 Å². The SMILES string of the molecule is CC(O)C(=O)[O-].CC(O)C(=O)[O-].CC(O)C(=O)[O-].[Ca+2].[K+]. The average Bonchev–Trinajstić information content (AvgIpc) is 2.18. The Morgan fingerprint density at radius 2 is 0.750 bits per heavy atom. The molecule has 0 saturated carbocycles. The molecule has 20 heavy (non-hydrogen) atoms. The number of carboxylic acid groups (broad SMARTS) is 3. The largest absolute Gasteiger partial charge is 2.00 e. The molecule has 0 aliphatic carbocycles. The molecule has 11 heteroatoms. The van der Waals surface area contributed by atoms with Gasteiger partial charge in [-0.05, 0) is 20.8 Å². The first-order valence-electron chi connectivity index (χ1n) is 4.60. The molecule has 0 radical (unpaired) electrons. The van der Waals surface area contributed by atoms with Crippen molar-refractivity contribution in [3.8, 4) is 0 Å². The summed E-state index contributed by atoms with van der Waals surface area (Å²) in [6.07, 6.45) is -4.03. The van der Waals surface area contributed by atoms with Crippen molar-refractivity contribution in [3.63, 3.8) is 0 Å².